The van der Waals surface area contributed by atoms with Gasteiger partial charge in [0.2, 0.25) is 11.8 Å². The Morgan fingerprint density at radius 3 is 1.32 bits per heavy atom. The number of thiophene rings is 2. The van der Waals surface area contributed by atoms with Crippen LogP contribution in [-0.4, -0.2) is 83.1 Å². The fourth-order valence-electron chi connectivity index (χ4n) is 8.10. The lowest BCUT2D eigenvalue weighted by atomic mass is 10.1. The molecule has 4 N–H and O–H groups in total. The second-order valence-corrected chi connectivity index (χ2v) is 19.8. The molecule has 6 atom stereocenters. The molecular weight excluding hydrogens is 1040 g/mol. The first kappa shape index (κ1) is 53.5. The second kappa shape index (κ2) is 24.4. The van der Waals surface area contributed by atoms with E-state index in [1.165, 1.54) is 70.1 Å². The highest BCUT2D eigenvalue weighted by atomic mass is 35.5. The first-order valence-electron chi connectivity index (χ1n) is 21.9. The molecule has 4 aromatic heterocycles. The molecule has 0 unspecified atom stereocenters. The molecule has 8 rings (SSSR count). The van der Waals surface area contributed by atoms with Crippen LogP contribution < -0.4 is 32.4 Å². The molecular formula is C48H42Cl2F6N6O8S2. The van der Waals surface area contributed by atoms with Gasteiger partial charge in [-0.25, -0.2) is 26.3 Å². The highest BCUT2D eigenvalue weighted by molar-refractivity contribution is 7.18. The summed E-state index contributed by atoms with van der Waals surface area (Å²) in [5.74, 6) is -4.94. The SMILES string of the molecule is O=C(N[C@H]1C[C@@H](C(=O)Nc2ccc(-n3ccccc3=O)cc2F)C[C@@H]1OCC(F)F)c1ccc(Cl)s1.O=C(N[C@H]1C[C@H](C(=O)Nc2ccc(-n3ccccc3=O)cc2F)C[C@@H]1OCC(F)F)c1ccc(Cl)s1. The molecule has 2 saturated carbocycles. The number of benzene rings is 2. The summed E-state index contributed by atoms with van der Waals surface area (Å²) in [7, 11) is 0. The molecule has 0 saturated heterocycles. The van der Waals surface area contributed by atoms with Crippen molar-refractivity contribution in [2.24, 2.45) is 11.8 Å². The van der Waals surface area contributed by atoms with Crippen LogP contribution in [0.25, 0.3) is 11.4 Å². The van der Waals surface area contributed by atoms with E-state index in [4.69, 9.17) is 32.7 Å². The molecule has 72 heavy (non-hydrogen) atoms. The predicted octanol–water partition coefficient (Wildman–Crippen LogP) is 8.98. The zero-order valence-electron chi connectivity index (χ0n) is 37.3. The van der Waals surface area contributed by atoms with E-state index in [1.54, 1.807) is 36.4 Å². The van der Waals surface area contributed by atoms with Crippen molar-refractivity contribution in [3.05, 3.63) is 160 Å². The van der Waals surface area contributed by atoms with E-state index in [-0.39, 0.29) is 59.6 Å². The third kappa shape index (κ3) is 14.0. The summed E-state index contributed by atoms with van der Waals surface area (Å²) in [5, 5.41) is 10.5. The summed E-state index contributed by atoms with van der Waals surface area (Å²) in [6, 6.07) is 21.7. The lowest BCUT2D eigenvalue weighted by molar-refractivity contribution is -0.120. The van der Waals surface area contributed by atoms with E-state index < -0.39 is 97.5 Å². The third-order valence-electron chi connectivity index (χ3n) is 11.5. The monoisotopic (exact) mass is 1080 g/mol. The number of carbonyl (C=O) groups is 4. The van der Waals surface area contributed by atoms with Gasteiger partial charge in [0.1, 0.15) is 24.8 Å². The van der Waals surface area contributed by atoms with Gasteiger partial charge in [-0.1, -0.05) is 35.3 Å². The first-order valence-corrected chi connectivity index (χ1v) is 24.3. The maximum absolute atomic E-state index is 14.7. The quantitative estimate of drug-likeness (QED) is 0.0694. The molecule has 380 valence electrons. The normalized spacial score (nSPS) is 19.4. The number of rotatable bonds is 16. The summed E-state index contributed by atoms with van der Waals surface area (Å²) in [6.07, 6.45) is -3.74. The molecule has 24 heteroatoms. The van der Waals surface area contributed by atoms with Crippen molar-refractivity contribution >= 4 is 80.9 Å². The van der Waals surface area contributed by atoms with Crippen molar-refractivity contribution in [2.75, 3.05) is 23.8 Å². The summed E-state index contributed by atoms with van der Waals surface area (Å²) in [6.45, 7) is -1.68. The van der Waals surface area contributed by atoms with E-state index in [9.17, 15) is 55.1 Å². The smallest absolute Gasteiger partial charge is 0.261 e. The number of nitrogens with zero attached hydrogens (tertiary/aromatic N) is 2. The molecule has 0 bridgehead atoms. The molecule has 0 spiro atoms. The van der Waals surface area contributed by atoms with Crippen LogP contribution in [-0.2, 0) is 19.1 Å². The summed E-state index contributed by atoms with van der Waals surface area (Å²) < 4.78 is 94.3. The standard InChI is InChI=1S/2C24H21ClF3N3O4S/c2*25-20-7-6-19(36-20)24(34)30-17-9-13(10-18(17)35-12-21(27)28)23(33)29-16-5-4-14(11-15(16)26)31-8-2-1-3-22(31)32/h2*1-8,11,13,17-18,21H,9-10,12H2,(H,29,33)(H,30,34)/t13-,17+,18+;13-,17-,18-/m10/s1. The lowest BCUT2D eigenvalue weighted by Gasteiger charge is -2.20. The lowest BCUT2D eigenvalue weighted by Crippen LogP contribution is -2.41. The molecule has 14 nitrogen and oxygen atoms in total. The number of anilines is 2. The van der Waals surface area contributed by atoms with Gasteiger partial charge in [0, 0.05) is 48.5 Å². The zero-order chi connectivity index (χ0) is 51.6. The van der Waals surface area contributed by atoms with Crippen molar-refractivity contribution in [3.8, 4) is 11.4 Å². The van der Waals surface area contributed by atoms with Gasteiger partial charge in [-0.05, 0) is 86.3 Å². The zero-order valence-corrected chi connectivity index (χ0v) is 40.4. The number of hydrogen-bond acceptors (Lipinski definition) is 10. The average molecular weight is 1080 g/mol. The molecule has 0 radical (unpaired) electrons. The molecule has 2 aliphatic carbocycles. The van der Waals surface area contributed by atoms with Crippen molar-refractivity contribution < 1.29 is 55.0 Å². The third-order valence-corrected chi connectivity index (χ3v) is 13.9. The molecule has 2 aliphatic rings. The molecule has 2 aromatic carbocycles. The van der Waals surface area contributed by atoms with E-state index in [0.29, 0.717) is 18.4 Å². The Kier molecular flexibility index (Phi) is 18.1. The fourth-order valence-corrected chi connectivity index (χ4v) is 10.00. The largest absolute Gasteiger partial charge is 0.370 e. The molecule has 4 heterocycles. The number of aromatic nitrogens is 2. The highest BCUT2D eigenvalue weighted by Gasteiger charge is 2.42. The minimum Gasteiger partial charge on any atom is -0.370 e. The van der Waals surface area contributed by atoms with Crippen molar-refractivity contribution in [3.63, 3.8) is 0 Å². The Balaban J connectivity index is 0.000000211. The summed E-state index contributed by atoms with van der Waals surface area (Å²) in [5.41, 5.74) is -0.306. The number of pyridine rings is 2. The van der Waals surface area contributed by atoms with Crippen molar-refractivity contribution in [2.45, 2.75) is 62.8 Å². The van der Waals surface area contributed by atoms with Crippen LogP contribution in [0.2, 0.25) is 8.67 Å². The predicted molar refractivity (Wildman–Crippen MR) is 259 cm³/mol. The Morgan fingerprint density at radius 2 is 0.986 bits per heavy atom. The Hall–Kier alpha value is -6.30. The van der Waals surface area contributed by atoms with Crippen LogP contribution in [0.15, 0.2) is 119 Å². The Morgan fingerprint density at radius 1 is 0.583 bits per heavy atom. The fraction of sp³-hybridized carbons (Fsp3) is 0.292. The molecule has 6 aromatic rings. The molecule has 2 fully saturated rings. The second-order valence-electron chi connectivity index (χ2n) is 16.4. The number of hydrogen-bond donors (Lipinski definition) is 4. The Labute approximate surface area is 423 Å². The first-order chi connectivity index (χ1) is 34.4. The topological polar surface area (TPSA) is 179 Å². The average Bonchev–Trinajstić information content (AvgIpc) is 4.17. The van der Waals surface area contributed by atoms with E-state index in [2.05, 4.69) is 21.3 Å². The maximum Gasteiger partial charge on any atom is 0.261 e. The molecule has 0 aliphatic heterocycles. The molecule has 4 amide bonds. The number of carbonyl (C=O) groups excluding carboxylic acids is 4. The van der Waals surface area contributed by atoms with Crippen molar-refractivity contribution in [1.29, 1.82) is 0 Å². The van der Waals surface area contributed by atoms with Gasteiger partial charge in [-0.2, -0.15) is 0 Å². The maximum atomic E-state index is 14.7. The van der Waals surface area contributed by atoms with Crippen LogP contribution in [0.1, 0.15) is 45.0 Å². The van der Waals surface area contributed by atoms with Gasteiger partial charge in [0.05, 0.1) is 65.5 Å². The number of halogens is 8. The van der Waals surface area contributed by atoms with Gasteiger partial charge in [0.25, 0.3) is 35.8 Å². The highest BCUT2D eigenvalue weighted by Crippen LogP contribution is 2.34. The number of alkyl halides is 4. The van der Waals surface area contributed by atoms with Gasteiger partial charge < -0.3 is 30.7 Å². The van der Waals surface area contributed by atoms with Gasteiger partial charge in [0.15, 0.2) is 0 Å². The van der Waals surface area contributed by atoms with Crippen LogP contribution in [0.4, 0.5) is 37.7 Å². The number of nitrogens with one attached hydrogen (secondary N) is 4. The van der Waals surface area contributed by atoms with E-state index >= 15 is 0 Å². The Bertz CT molecular complexity index is 2830. The minimum atomic E-state index is -2.71. The summed E-state index contributed by atoms with van der Waals surface area (Å²) in [4.78, 5) is 75.5. The van der Waals surface area contributed by atoms with Crippen molar-refractivity contribution in [1.82, 2.24) is 19.8 Å². The minimum absolute atomic E-state index is 0.0633. The van der Waals surface area contributed by atoms with Gasteiger partial charge in [-0.3, -0.25) is 37.9 Å². The van der Waals surface area contributed by atoms with Crippen LogP contribution >= 0.6 is 45.9 Å². The van der Waals surface area contributed by atoms with Gasteiger partial charge in [-0.15, -0.1) is 22.7 Å². The van der Waals surface area contributed by atoms with E-state index in [1.807, 2.05) is 0 Å². The summed E-state index contributed by atoms with van der Waals surface area (Å²) >= 11 is 13.9. The van der Waals surface area contributed by atoms with Crippen LogP contribution in [0, 0.1) is 23.5 Å². The number of ether oxygens (including phenoxy) is 2. The van der Waals surface area contributed by atoms with Crippen LogP contribution in [0.5, 0.6) is 0 Å². The van der Waals surface area contributed by atoms with E-state index in [0.717, 1.165) is 34.8 Å². The van der Waals surface area contributed by atoms with Gasteiger partial charge >= 0.3 is 0 Å². The van der Waals surface area contributed by atoms with Crippen LogP contribution in [0.3, 0.4) is 0 Å². The number of amides is 4.